The lowest BCUT2D eigenvalue weighted by Gasteiger charge is -2.23. The molecule has 1 unspecified atom stereocenters. The molecule has 1 amide bonds. The van der Waals surface area contributed by atoms with Crippen LogP contribution in [0, 0.1) is 0 Å². The van der Waals surface area contributed by atoms with Gasteiger partial charge in [0.15, 0.2) is 0 Å². The zero-order valence-corrected chi connectivity index (χ0v) is 15.1. The largest absolute Gasteiger partial charge is 0.490 e. The van der Waals surface area contributed by atoms with Crippen molar-refractivity contribution >= 4 is 29.9 Å². The summed E-state index contributed by atoms with van der Waals surface area (Å²) in [6.45, 7) is 1.12. The van der Waals surface area contributed by atoms with E-state index in [1.807, 2.05) is 42.5 Å². The van der Waals surface area contributed by atoms with Gasteiger partial charge < -0.3 is 15.4 Å². The normalized spacial score (nSPS) is 11.3. The fourth-order valence-corrected chi connectivity index (χ4v) is 2.49. The second-order valence-corrected chi connectivity index (χ2v) is 5.64. The first-order valence-electron chi connectivity index (χ1n) is 7.50. The lowest BCUT2D eigenvalue weighted by Crippen LogP contribution is -2.37. The number of hydrogen-bond acceptors (Lipinski definition) is 3. The summed E-state index contributed by atoms with van der Waals surface area (Å²) in [5, 5.41) is 0.561. The molecule has 0 aliphatic rings. The van der Waals surface area contributed by atoms with Gasteiger partial charge in [0.05, 0.1) is 17.5 Å². The SMILES string of the molecule is CN(CCOc1ccccc1Cl)C(=O)C(CN)c1ccccc1.Cl. The Kier molecular flexibility index (Phi) is 8.61. The van der Waals surface area contributed by atoms with Crippen LogP contribution < -0.4 is 10.5 Å². The molecule has 2 N–H and O–H groups in total. The predicted molar refractivity (Wildman–Crippen MR) is 100 cm³/mol. The molecule has 0 aliphatic heterocycles. The number of carbonyl (C=O) groups is 1. The number of carbonyl (C=O) groups excluding carboxylic acids is 1. The molecule has 0 saturated carbocycles. The van der Waals surface area contributed by atoms with Gasteiger partial charge in [-0.15, -0.1) is 12.4 Å². The van der Waals surface area contributed by atoms with E-state index in [4.69, 9.17) is 22.1 Å². The van der Waals surface area contributed by atoms with E-state index in [1.54, 1.807) is 24.1 Å². The highest BCUT2D eigenvalue weighted by atomic mass is 35.5. The van der Waals surface area contributed by atoms with Gasteiger partial charge in [-0.1, -0.05) is 54.1 Å². The van der Waals surface area contributed by atoms with Gasteiger partial charge in [0, 0.05) is 13.6 Å². The van der Waals surface area contributed by atoms with E-state index in [9.17, 15) is 4.79 Å². The first-order valence-corrected chi connectivity index (χ1v) is 7.88. The number of nitrogens with zero attached hydrogens (tertiary/aromatic N) is 1. The van der Waals surface area contributed by atoms with E-state index >= 15 is 0 Å². The highest BCUT2D eigenvalue weighted by Gasteiger charge is 2.22. The predicted octanol–water partition coefficient (Wildman–Crippen LogP) is 3.34. The van der Waals surface area contributed by atoms with Crippen molar-refractivity contribution in [2.75, 3.05) is 26.7 Å². The van der Waals surface area contributed by atoms with Crippen molar-refractivity contribution in [3.05, 3.63) is 65.2 Å². The summed E-state index contributed by atoms with van der Waals surface area (Å²) in [5.41, 5.74) is 6.72. The van der Waals surface area contributed by atoms with Crippen LogP contribution in [0.4, 0.5) is 0 Å². The van der Waals surface area contributed by atoms with Gasteiger partial charge in [-0.3, -0.25) is 4.79 Å². The molecule has 24 heavy (non-hydrogen) atoms. The summed E-state index contributed by atoms with van der Waals surface area (Å²) < 4.78 is 5.62. The van der Waals surface area contributed by atoms with Crippen molar-refractivity contribution in [1.29, 1.82) is 0 Å². The molecule has 1 atom stereocenters. The number of amides is 1. The zero-order valence-electron chi connectivity index (χ0n) is 13.5. The third kappa shape index (κ3) is 5.41. The topological polar surface area (TPSA) is 55.6 Å². The molecule has 2 aromatic rings. The molecule has 0 saturated heterocycles. The number of halogens is 2. The highest BCUT2D eigenvalue weighted by molar-refractivity contribution is 6.32. The van der Waals surface area contributed by atoms with Crippen molar-refractivity contribution in [2.24, 2.45) is 5.73 Å². The summed E-state index contributed by atoms with van der Waals surface area (Å²) in [6, 6.07) is 16.8. The minimum atomic E-state index is -0.332. The summed E-state index contributed by atoms with van der Waals surface area (Å²) in [7, 11) is 1.75. The van der Waals surface area contributed by atoms with Crippen LogP contribution in [-0.4, -0.2) is 37.6 Å². The van der Waals surface area contributed by atoms with Gasteiger partial charge in [0.1, 0.15) is 12.4 Å². The summed E-state index contributed by atoms with van der Waals surface area (Å²) in [5.74, 6) is 0.274. The Bertz CT molecular complexity index is 638. The average Bonchev–Trinajstić information content (AvgIpc) is 2.58. The van der Waals surface area contributed by atoms with Crippen LogP contribution in [0.1, 0.15) is 11.5 Å². The van der Waals surface area contributed by atoms with E-state index in [2.05, 4.69) is 0 Å². The maximum absolute atomic E-state index is 12.5. The molecule has 0 aliphatic carbocycles. The molecule has 0 spiro atoms. The lowest BCUT2D eigenvalue weighted by molar-refractivity contribution is -0.131. The number of hydrogen-bond donors (Lipinski definition) is 1. The Morgan fingerprint density at radius 2 is 1.79 bits per heavy atom. The number of nitrogens with two attached hydrogens (primary N) is 1. The smallest absolute Gasteiger partial charge is 0.231 e. The summed E-state index contributed by atoms with van der Waals surface area (Å²) in [4.78, 5) is 14.2. The van der Waals surface area contributed by atoms with Crippen LogP contribution in [0.15, 0.2) is 54.6 Å². The fraction of sp³-hybridized carbons (Fsp3) is 0.278. The second kappa shape index (κ2) is 10.2. The molecule has 0 fully saturated rings. The van der Waals surface area contributed by atoms with Crippen LogP contribution >= 0.6 is 24.0 Å². The summed E-state index contributed by atoms with van der Waals surface area (Å²) in [6.07, 6.45) is 0. The number of para-hydroxylation sites is 1. The van der Waals surface area contributed by atoms with Gasteiger partial charge >= 0.3 is 0 Å². The zero-order chi connectivity index (χ0) is 16.7. The average molecular weight is 369 g/mol. The van der Waals surface area contributed by atoms with Crippen LogP contribution in [-0.2, 0) is 4.79 Å². The van der Waals surface area contributed by atoms with E-state index in [0.29, 0.717) is 23.9 Å². The van der Waals surface area contributed by atoms with Gasteiger partial charge in [0.25, 0.3) is 0 Å². The number of likely N-dealkylation sites (N-methyl/N-ethyl adjacent to an activating group) is 1. The van der Waals surface area contributed by atoms with Crippen molar-refractivity contribution in [1.82, 2.24) is 4.90 Å². The first-order chi connectivity index (χ1) is 11.1. The highest BCUT2D eigenvalue weighted by Crippen LogP contribution is 2.23. The molecule has 0 heterocycles. The van der Waals surface area contributed by atoms with Crippen LogP contribution in [0.3, 0.4) is 0 Å². The van der Waals surface area contributed by atoms with E-state index < -0.39 is 0 Å². The van der Waals surface area contributed by atoms with E-state index in [1.165, 1.54) is 0 Å². The second-order valence-electron chi connectivity index (χ2n) is 5.24. The molecule has 0 radical (unpaired) electrons. The van der Waals surface area contributed by atoms with E-state index in [-0.39, 0.29) is 30.8 Å². The molecule has 6 heteroatoms. The minimum absolute atomic E-state index is 0. The third-order valence-electron chi connectivity index (χ3n) is 3.63. The molecule has 130 valence electrons. The van der Waals surface area contributed by atoms with Crippen LogP contribution in [0.2, 0.25) is 5.02 Å². The maximum atomic E-state index is 12.5. The maximum Gasteiger partial charge on any atom is 0.231 e. The molecule has 0 bridgehead atoms. The number of rotatable bonds is 7. The Morgan fingerprint density at radius 3 is 2.42 bits per heavy atom. The summed E-state index contributed by atoms with van der Waals surface area (Å²) >= 11 is 6.03. The van der Waals surface area contributed by atoms with Gasteiger partial charge in [0.2, 0.25) is 5.91 Å². The van der Waals surface area contributed by atoms with Crippen molar-refractivity contribution in [3.8, 4) is 5.75 Å². The van der Waals surface area contributed by atoms with Crippen molar-refractivity contribution < 1.29 is 9.53 Å². The van der Waals surface area contributed by atoms with Gasteiger partial charge in [-0.2, -0.15) is 0 Å². The Hall–Kier alpha value is -1.75. The van der Waals surface area contributed by atoms with E-state index in [0.717, 1.165) is 5.56 Å². The molecule has 2 aromatic carbocycles. The van der Waals surface area contributed by atoms with Crippen molar-refractivity contribution in [2.45, 2.75) is 5.92 Å². The Labute approximate surface area is 154 Å². The fourth-order valence-electron chi connectivity index (χ4n) is 2.30. The van der Waals surface area contributed by atoms with Gasteiger partial charge in [-0.05, 0) is 17.7 Å². The van der Waals surface area contributed by atoms with Crippen LogP contribution in [0.25, 0.3) is 0 Å². The lowest BCUT2D eigenvalue weighted by atomic mass is 9.98. The molecule has 0 aromatic heterocycles. The quantitative estimate of drug-likeness (QED) is 0.815. The number of ether oxygens (including phenoxy) is 1. The van der Waals surface area contributed by atoms with Crippen LogP contribution in [0.5, 0.6) is 5.75 Å². The van der Waals surface area contributed by atoms with Gasteiger partial charge in [-0.25, -0.2) is 0 Å². The molecular formula is C18H22Cl2N2O2. The van der Waals surface area contributed by atoms with Crippen molar-refractivity contribution in [3.63, 3.8) is 0 Å². The standard InChI is InChI=1S/C18H21ClN2O2.ClH/c1-21(11-12-23-17-10-6-5-9-16(17)19)18(22)15(13-20)14-7-3-2-4-8-14;/h2-10,15H,11-13,20H2,1H3;1H. The molecule has 2 rings (SSSR count). The Morgan fingerprint density at radius 1 is 1.17 bits per heavy atom. The first kappa shape index (κ1) is 20.3. The third-order valence-corrected chi connectivity index (χ3v) is 3.95. The number of benzene rings is 2. The minimum Gasteiger partial charge on any atom is -0.490 e. The monoisotopic (exact) mass is 368 g/mol. The molecular weight excluding hydrogens is 347 g/mol. The molecule has 4 nitrogen and oxygen atoms in total. The Balaban J connectivity index is 0.00000288.